The molecule has 23 heavy (non-hydrogen) atoms. The quantitative estimate of drug-likeness (QED) is 0.675. The van der Waals surface area contributed by atoms with Gasteiger partial charge in [0.25, 0.3) is 5.91 Å². The molecule has 0 radical (unpaired) electrons. The molecule has 1 amide bonds. The van der Waals surface area contributed by atoms with Crippen LogP contribution in [0.1, 0.15) is 12.8 Å². The van der Waals surface area contributed by atoms with E-state index in [2.05, 4.69) is 22.2 Å². The molecule has 0 aliphatic carbocycles. The van der Waals surface area contributed by atoms with Gasteiger partial charge in [0.2, 0.25) is 0 Å². The van der Waals surface area contributed by atoms with Crippen LogP contribution in [0.4, 0.5) is 5.82 Å². The number of aromatic nitrogens is 1. The number of amides is 1. The lowest BCUT2D eigenvalue weighted by Crippen LogP contribution is -2.44. The molecule has 2 rings (SSSR count). The third kappa shape index (κ3) is 4.68. The first-order valence-electron chi connectivity index (χ1n) is 7.45. The standard InChI is InChI=1S/C16H20ClN5O/c1-21-7-4-14(5-8-21)22(2)16(23)12(10-18)11-20-15-9-13(17)3-6-19-15/h3,6,9,11,14H,4-5,7-8H2,1-2H3,(H,19,20)/b12-11-. The summed E-state index contributed by atoms with van der Waals surface area (Å²) in [6.45, 7) is 1.91. The van der Waals surface area contributed by atoms with E-state index >= 15 is 0 Å². The molecule has 0 spiro atoms. The van der Waals surface area contributed by atoms with Crippen LogP contribution in [0, 0.1) is 11.3 Å². The van der Waals surface area contributed by atoms with Gasteiger partial charge < -0.3 is 15.1 Å². The third-order valence-electron chi connectivity index (χ3n) is 3.99. The van der Waals surface area contributed by atoms with Gasteiger partial charge in [-0.1, -0.05) is 11.6 Å². The molecule has 0 unspecified atom stereocenters. The molecular formula is C16H20ClN5O. The van der Waals surface area contributed by atoms with Gasteiger partial charge in [0, 0.05) is 30.5 Å². The summed E-state index contributed by atoms with van der Waals surface area (Å²) in [5, 5.41) is 12.6. The van der Waals surface area contributed by atoms with Crippen molar-refractivity contribution < 1.29 is 4.79 Å². The molecule has 1 aliphatic rings. The summed E-state index contributed by atoms with van der Waals surface area (Å²) in [6.07, 6.45) is 4.77. The molecule has 1 aromatic rings. The van der Waals surface area contributed by atoms with Gasteiger partial charge in [-0.3, -0.25) is 4.79 Å². The number of carbonyl (C=O) groups is 1. The molecule has 1 aliphatic heterocycles. The van der Waals surface area contributed by atoms with Crippen molar-refractivity contribution in [3.05, 3.63) is 35.1 Å². The van der Waals surface area contributed by atoms with Crippen molar-refractivity contribution in [2.24, 2.45) is 0 Å². The highest BCUT2D eigenvalue weighted by Gasteiger charge is 2.25. The van der Waals surface area contributed by atoms with E-state index in [0.717, 1.165) is 25.9 Å². The number of hydrogen-bond acceptors (Lipinski definition) is 5. The Hall–Kier alpha value is -2.10. The summed E-state index contributed by atoms with van der Waals surface area (Å²) in [6, 6.07) is 5.39. The Balaban J connectivity index is 2.03. The summed E-state index contributed by atoms with van der Waals surface area (Å²) in [7, 11) is 3.82. The number of nitriles is 1. The highest BCUT2D eigenvalue weighted by molar-refractivity contribution is 6.30. The first-order valence-corrected chi connectivity index (χ1v) is 7.83. The summed E-state index contributed by atoms with van der Waals surface area (Å²) >= 11 is 5.88. The van der Waals surface area contributed by atoms with Crippen molar-refractivity contribution in [2.45, 2.75) is 18.9 Å². The summed E-state index contributed by atoms with van der Waals surface area (Å²) < 4.78 is 0. The lowest BCUT2D eigenvalue weighted by atomic mass is 10.0. The van der Waals surface area contributed by atoms with Gasteiger partial charge in [-0.15, -0.1) is 0 Å². The molecule has 1 N–H and O–H groups in total. The number of halogens is 1. The van der Waals surface area contributed by atoms with E-state index in [1.807, 2.05) is 6.07 Å². The van der Waals surface area contributed by atoms with Crippen molar-refractivity contribution in [1.82, 2.24) is 14.8 Å². The molecule has 0 saturated carbocycles. The number of likely N-dealkylation sites (tertiary alicyclic amines) is 1. The second kappa shape index (κ2) is 7.95. The number of nitrogens with zero attached hydrogens (tertiary/aromatic N) is 4. The lowest BCUT2D eigenvalue weighted by Gasteiger charge is -2.34. The van der Waals surface area contributed by atoms with Gasteiger partial charge in [0.15, 0.2) is 0 Å². The second-order valence-electron chi connectivity index (χ2n) is 5.62. The van der Waals surface area contributed by atoms with Gasteiger partial charge in [-0.05, 0) is 45.1 Å². The fraction of sp³-hybridized carbons (Fsp3) is 0.438. The summed E-state index contributed by atoms with van der Waals surface area (Å²) in [5.41, 5.74) is 0.0493. The van der Waals surface area contributed by atoms with Gasteiger partial charge in [0.05, 0.1) is 0 Å². The Morgan fingerprint density at radius 2 is 2.26 bits per heavy atom. The Labute approximate surface area is 141 Å². The minimum absolute atomic E-state index is 0.0493. The van der Waals surface area contributed by atoms with E-state index < -0.39 is 0 Å². The summed E-state index contributed by atoms with van der Waals surface area (Å²) in [4.78, 5) is 20.4. The molecular weight excluding hydrogens is 314 g/mol. The maximum atomic E-state index is 12.5. The molecule has 122 valence electrons. The van der Waals surface area contributed by atoms with Crippen LogP contribution in [0.3, 0.4) is 0 Å². The van der Waals surface area contributed by atoms with E-state index in [0.29, 0.717) is 10.8 Å². The van der Waals surface area contributed by atoms with E-state index in [1.54, 1.807) is 30.3 Å². The van der Waals surface area contributed by atoms with Gasteiger partial charge in [0.1, 0.15) is 17.5 Å². The average Bonchev–Trinajstić information content (AvgIpc) is 2.55. The normalized spacial score (nSPS) is 16.7. The molecule has 1 fully saturated rings. The number of hydrogen-bond donors (Lipinski definition) is 1. The highest BCUT2D eigenvalue weighted by Crippen LogP contribution is 2.17. The molecule has 0 atom stereocenters. The Kier molecular flexibility index (Phi) is 5.97. The second-order valence-corrected chi connectivity index (χ2v) is 6.06. The Morgan fingerprint density at radius 1 is 1.57 bits per heavy atom. The van der Waals surface area contributed by atoms with E-state index in [4.69, 9.17) is 11.6 Å². The fourth-order valence-electron chi connectivity index (χ4n) is 2.51. The van der Waals surface area contributed by atoms with Crippen LogP contribution < -0.4 is 5.32 Å². The summed E-state index contributed by atoms with van der Waals surface area (Å²) in [5.74, 6) is 0.205. The first-order chi connectivity index (χ1) is 11.0. The minimum Gasteiger partial charge on any atom is -0.345 e. The van der Waals surface area contributed by atoms with Crippen LogP contribution in [0.25, 0.3) is 0 Å². The average molecular weight is 334 g/mol. The molecule has 7 heteroatoms. The molecule has 2 heterocycles. The maximum Gasteiger partial charge on any atom is 0.266 e. The zero-order valence-corrected chi connectivity index (χ0v) is 14.0. The topological polar surface area (TPSA) is 72.3 Å². The van der Waals surface area contributed by atoms with Crippen molar-refractivity contribution >= 4 is 23.3 Å². The number of carbonyl (C=O) groups excluding carboxylic acids is 1. The van der Waals surface area contributed by atoms with Gasteiger partial charge in [-0.2, -0.15) is 5.26 Å². The third-order valence-corrected chi connectivity index (χ3v) is 4.23. The van der Waals surface area contributed by atoms with Crippen LogP contribution in [0.5, 0.6) is 0 Å². The number of anilines is 1. The van der Waals surface area contributed by atoms with Gasteiger partial charge in [-0.25, -0.2) is 4.98 Å². The van der Waals surface area contributed by atoms with Crippen LogP contribution in [-0.4, -0.2) is 53.9 Å². The monoisotopic (exact) mass is 333 g/mol. The zero-order chi connectivity index (χ0) is 16.8. The SMILES string of the molecule is CN1CCC(N(C)C(=O)/C(C#N)=C\Nc2cc(Cl)ccn2)CC1. The van der Waals surface area contributed by atoms with Crippen LogP contribution >= 0.6 is 11.6 Å². The minimum atomic E-state index is -0.281. The highest BCUT2D eigenvalue weighted by atomic mass is 35.5. The molecule has 1 aromatic heterocycles. The predicted octanol–water partition coefficient (Wildman–Crippen LogP) is 2.11. The Bertz CT molecular complexity index is 632. The maximum absolute atomic E-state index is 12.5. The van der Waals surface area contributed by atoms with Crippen molar-refractivity contribution in [2.75, 3.05) is 32.5 Å². The first kappa shape index (κ1) is 17.3. The largest absolute Gasteiger partial charge is 0.345 e. The van der Waals surface area contributed by atoms with E-state index in [9.17, 15) is 10.1 Å². The number of likely N-dealkylation sites (N-methyl/N-ethyl adjacent to an activating group) is 1. The van der Waals surface area contributed by atoms with E-state index in [1.165, 1.54) is 6.20 Å². The van der Waals surface area contributed by atoms with Crippen molar-refractivity contribution in [3.8, 4) is 6.07 Å². The molecule has 0 aromatic carbocycles. The van der Waals surface area contributed by atoms with E-state index in [-0.39, 0.29) is 17.5 Å². The molecule has 6 nitrogen and oxygen atoms in total. The molecule has 1 saturated heterocycles. The number of pyridine rings is 1. The van der Waals surface area contributed by atoms with Crippen LogP contribution in [0.2, 0.25) is 5.02 Å². The van der Waals surface area contributed by atoms with Gasteiger partial charge >= 0.3 is 0 Å². The molecule has 0 bridgehead atoms. The fourth-order valence-corrected chi connectivity index (χ4v) is 2.67. The number of piperidine rings is 1. The van der Waals surface area contributed by atoms with Crippen LogP contribution in [-0.2, 0) is 4.79 Å². The Morgan fingerprint density at radius 3 is 2.87 bits per heavy atom. The number of rotatable bonds is 4. The number of nitrogens with one attached hydrogen (secondary N) is 1. The zero-order valence-electron chi connectivity index (χ0n) is 13.3. The van der Waals surface area contributed by atoms with Crippen molar-refractivity contribution in [1.29, 1.82) is 5.26 Å². The van der Waals surface area contributed by atoms with Crippen molar-refractivity contribution in [3.63, 3.8) is 0 Å². The smallest absolute Gasteiger partial charge is 0.266 e. The predicted molar refractivity (Wildman–Crippen MR) is 89.9 cm³/mol. The lowest BCUT2D eigenvalue weighted by molar-refractivity contribution is -0.128. The van der Waals surface area contributed by atoms with Crippen LogP contribution in [0.15, 0.2) is 30.1 Å².